The van der Waals surface area contributed by atoms with E-state index >= 15 is 0 Å². The molecule has 0 unspecified atom stereocenters. The fourth-order valence-corrected chi connectivity index (χ4v) is 1.89. The van der Waals surface area contributed by atoms with Gasteiger partial charge in [-0.15, -0.1) is 0 Å². The molecule has 1 amide bonds. The number of benzene rings is 2. The summed E-state index contributed by atoms with van der Waals surface area (Å²) < 4.78 is 26.3. The number of hydrogen-bond acceptors (Lipinski definition) is 2. The summed E-state index contributed by atoms with van der Waals surface area (Å²) in [6.07, 6.45) is 0. The maximum absolute atomic E-state index is 13.5. The first kappa shape index (κ1) is 14.9. The van der Waals surface area contributed by atoms with E-state index in [1.165, 1.54) is 12.1 Å². The third-order valence-corrected chi connectivity index (χ3v) is 2.82. The number of primary amides is 1. The Morgan fingerprint density at radius 2 is 1.71 bits per heavy atom. The molecule has 4 nitrogen and oxygen atoms in total. The van der Waals surface area contributed by atoms with Crippen molar-refractivity contribution in [3.63, 3.8) is 0 Å². The molecule has 0 saturated carbocycles. The molecule has 0 fully saturated rings. The van der Waals surface area contributed by atoms with Crippen LogP contribution < -0.4 is 16.4 Å². The molecule has 0 aromatic heterocycles. The number of halogens is 2. The molecule has 0 bridgehead atoms. The summed E-state index contributed by atoms with van der Waals surface area (Å²) in [5.74, 6) is -2.08. The highest BCUT2D eigenvalue weighted by atomic mass is 32.1. The molecule has 0 saturated heterocycles. The highest BCUT2D eigenvalue weighted by Gasteiger charge is 2.10. The predicted octanol–water partition coefficient (Wildman–Crippen LogP) is 2.87. The van der Waals surface area contributed by atoms with Gasteiger partial charge in [-0.05, 0) is 36.5 Å². The van der Waals surface area contributed by atoms with Crippen molar-refractivity contribution in [1.82, 2.24) is 0 Å². The number of amides is 1. The second-order valence-electron chi connectivity index (χ2n) is 4.11. The zero-order valence-corrected chi connectivity index (χ0v) is 11.5. The van der Waals surface area contributed by atoms with Gasteiger partial charge in [0.15, 0.2) is 5.11 Å². The summed E-state index contributed by atoms with van der Waals surface area (Å²) in [7, 11) is 0. The molecule has 2 aromatic rings. The molecular formula is C14H11F2N3OS. The van der Waals surface area contributed by atoms with E-state index in [2.05, 4.69) is 10.6 Å². The number of carbonyl (C=O) groups is 1. The van der Waals surface area contributed by atoms with Gasteiger partial charge in [-0.2, -0.15) is 0 Å². The van der Waals surface area contributed by atoms with Gasteiger partial charge in [0, 0.05) is 6.07 Å². The molecule has 0 radical (unpaired) electrons. The number of carbonyl (C=O) groups excluding carboxylic acids is 1. The largest absolute Gasteiger partial charge is 0.366 e. The first-order valence-electron chi connectivity index (χ1n) is 5.89. The SMILES string of the molecule is NC(=O)c1ccccc1NC(=S)Nc1ccc(F)cc1F. The van der Waals surface area contributed by atoms with Crippen molar-refractivity contribution in [2.24, 2.45) is 5.73 Å². The maximum Gasteiger partial charge on any atom is 0.250 e. The normalized spacial score (nSPS) is 10.0. The highest BCUT2D eigenvalue weighted by molar-refractivity contribution is 7.80. The molecule has 4 N–H and O–H groups in total. The molecule has 21 heavy (non-hydrogen) atoms. The van der Waals surface area contributed by atoms with E-state index in [4.69, 9.17) is 18.0 Å². The zero-order chi connectivity index (χ0) is 15.4. The molecular weight excluding hydrogens is 296 g/mol. The minimum absolute atomic E-state index is 0.0189. The van der Waals surface area contributed by atoms with E-state index in [0.29, 0.717) is 5.69 Å². The zero-order valence-electron chi connectivity index (χ0n) is 10.7. The maximum atomic E-state index is 13.5. The second kappa shape index (κ2) is 6.27. The van der Waals surface area contributed by atoms with Crippen molar-refractivity contribution in [3.05, 3.63) is 59.7 Å². The number of thiocarbonyl (C=S) groups is 1. The van der Waals surface area contributed by atoms with Crippen LogP contribution in [0.1, 0.15) is 10.4 Å². The van der Waals surface area contributed by atoms with Crippen LogP contribution >= 0.6 is 12.2 Å². The molecule has 0 aliphatic heterocycles. The van der Waals surface area contributed by atoms with Crippen LogP contribution in [0.25, 0.3) is 0 Å². The van der Waals surface area contributed by atoms with Crippen LogP contribution in [0.4, 0.5) is 20.2 Å². The Labute approximate surface area is 125 Å². The third-order valence-electron chi connectivity index (χ3n) is 2.62. The van der Waals surface area contributed by atoms with Crippen LogP contribution in [0.15, 0.2) is 42.5 Å². The first-order valence-corrected chi connectivity index (χ1v) is 6.30. The number of rotatable bonds is 3. The van der Waals surface area contributed by atoms with E-state index < -0.39 is 17.5 Å². The van der Waals surface area contributed by atoms with Gasteiger partial charge >= 0.3 is 0 Å². The average Bonchev–Trinajstić information content (AvgIpc) is 2.42. The lowest BCUT2D eigenvalue weighted by atomic mass is 10.1. The number of nitrogens with two attached hydrogens (primary N) is 1. The van der Waals surface area contributed by atoms with Gasteiger partial charge in [0.2, 0.25) is 0 Å². The van der Waals surface area contributed by atoms with Crippen LogP contribution in [0.3, 0.4) is 0 Å². The van der Waals surface area contributed by atoms with Crippen LogP contribution in [0.2, 0.25) is 0 Å². The monoisotopic (exact) mass is 307 g/mol. The van der Waals surface area contributed by atoms with Gasteiger partial charge in [0.1, 0.15) is 11.6 Å². The Morgan fingerprint density at radius 3 is 2.38 bits per heavy atom. The lowest BCUT2D eigenvalue weighted by Gasteiger charge is -2.13. The molecule has 2 rings (SSSR count). The van der Waals surface area contributed by atoms with Gasteiger partial charge in [0.25, 0.3) is 5.91 Å². The summed E-state index contributed by atoms with van der Waals surface area (Å²) in [5.41, 5.74) is 5.90. The van der Waals surface area contributed by atoms with Crippen molar-refractivity contribution in [3.8, 4) is 0 Å². The van der Waals surface area contributed by atoms with E-state index in [-0.39, 0.29) is 16.4 Å². The molecule has 0 spiro atoms. The van der Waals surface area contributed by atoms with E-state index in [0.717, 1.165) is 12.1 Å². The topological polar surface area (TPSA) is 67.2 Å². The Hall–Kier alpha value is -2.54. The minimum atomic E-state index is -0.776. The van der Waals surface area contributed by atoms with Gasteiger partial charge in [-0.25, -0.2) is 8.78 Å². The summed E-state index contributed by atoms with van der Waals surface area (Å²) in [6.45, 7) is 0. The van der Waals surface area contributed by atoms with E-state index in [1.807, 2.05) is 0 Å². The van der Waals surface area contributed by atoms with Crippen molar-refractivity contribution >= 4 is 34.6 Å². The summed E-state index contributed by atoms with van der Waals surface area (Å²) in [5, 5.41) is 5.37. The smallest absolute Gasteiger partial charge is 0.250 e. The highest BCUT2D eigenvalue weighted by Crippen LogP contribution is 2.17. The van der Waals surface area contributed by atoms with Gasteiger partial charge in [-0.1, -0.05) is 12.1 Å². The van der Waals surface area contributed by atoms with Crippen LogP contribution in [-0.4, -0.2) is 11.0 Å². The Kier molecular flexibility index (Phi) is 4.44. The van der Waals surface area contributed by atoms with Gasteiger partial charge in [0.05, 0.1) is 16.9 Å². The molecule has 2 aromatic carbocycles. The number of nitrogens with one attached hydrogen (secondary N) is 2. The predicted molar refractivity (Wildman–Crippen MR) is 81.2 cm³/mol. The van der Waals surface area contributed by atoms with Crippen LogP contribution in [0, 0.1) is 11.6 Å². The van der Waals surface area contributed by atoms with E-state index in [9.17, 15) is 13.6 Å². The lowest BCUT2D eigenvalue weighted by Crippen LogP contribution is -2.22. The van der Waals surface area contributed by atoms with Crippen molar-refractivity contribution in [1.29, 1.82) is 0 Å². The van der Waals surface area contributed by atoms with Crippen molar-refractivity contribution in [2.45, 2.75) is 0 Å². The molecule has 0 atom stereocenters. The number of hydrogen-bond donors (Lipinski definition) is 3. The Bertz CT molecular complexity index is 706. The lowest BCUT2D eigenvalue weighted by molar-refractivity contribution is 0.100. The average molecular weight is 307 g/mol. The molecule has 0 aliphatic carbocycles. The van der Waals surface area contributed by atoms with Crippen molar-refractivity contribution < 1.29 is 13.6 Å². The quantitative estimate of drug-likeness (QED) is 0.763. The van der Waals surface area contributed by atoms with E-state index in [1.54, 1.807) is 18.2 Å². The minimum Gasteiger partial charge on any atom is -0.366 e. The third kappa shape index (κ3) is 3.73. The number of anilines is 2. The molecule has 7 heteroatoms. The summed E-state index contributed by atoms with van der Waals surface area (Å²) >= 11 is 5.02. The van der Waals surface area contributed by atoms with Gasteiger partial charge < -0.3 is 16.4 Å². The van der Waals surface area contributed by atoms with Gasteiger partial charge in [-0.3, -0.25) is 4.79 Å². The van der Waals surface area contributed by atoms with Crippen LogP contribution in [0.5, 0.6) is 0 Å². The Balaban J connectivity index is 2.14. The van der Waals surface area contributed by atoms with Crippen LogP contribution in [-0.2, 0) is 0 Å². The summed E-state index contributed by atoms with van der Waals surface area (Å²) in [4.78, 5) is 11.3. The molecule has 0 heterocycles. The Morgan fingerprint density at radius 1 is 1.05 bits per heavy atom. The fourth-order valence-electron chi connectivity index (χ4n) is 1.67. The number of para-hydroxylation sites is 1. The second-order valence-corrected chi connectivity index (χ2v) is 4.52. The standard InChI is InChI=1S/C14H11F2N3OS/c15-8-5-6-12(10(16)7-8)19-14(21)18-11-4-2-1-3-9(11)13(17)20/h1-7H,(H2,17,20)(H2,18,19,21). The molecule has 108 valence electrons. The van der Waals surface area contributed by atoms with Crippen molar-refractivity contribution in [2.75, 3.05) is 10.6 Å². The first-order chi connectivity index (χ1) is 9.97. The summed E-state index contributed by atoms with van der Waals surface area (Å²) in [6, 6.07) is 9.55. The fraction of sp³-hybridized carbons (Fsp3) is 0. The molecule has 0 aliphatic rings.